The van der Waals surface area contributed by atoms with E-state index in [9.17, 15) is 33.7 Å². The molecule has 4 heterocycles. The van der Waals surface area contributed by atoms with E-state index in [1.807, 2.05) is 0 Å². The van der Waals surface area contributed by atoms with Crippen molar-refractivity contribution in [2.45, 2.75) is 44.9 Å². The highest BCUT2D eigenvalue weighted by molar-refractivity contribution is 7.90. The summed E-state index contributed by atoms with van der Waals surface area (Å²) in [6, 6.07) is 23.0. The lowest BCUT2D eigenvalue weighted by atomic mass is 9.54. The number of rotatable bonds is 11. The maximum Gasteiger partial charge on any atom is 0.243 e. The zero-order valence-corrected chi connectivity index (χ0v) is 37.5. The number of hydrogen-bond acceptors (Lipinski definition) is 10. The summed E-state index contributed by atoms with van der Waals surface area (Å²) in [5, 5.41) is 0.720. The lowest BCUT2D eigenvalue weighted by Crippen LogP contribution is -2.78. The van der Waals surface area contributed by atoms with Gasteiger partial charge in [0.2, 0.25) is 40.1 Å². The van der Waals surface area contributed by atoms with E-state index in [0.29, 0.717) is 21.5 Å². The number of sulfonamides is 4. The molecule has 60 heavy (non-hydrogen) atoms. The molecule has 4 fully saturated rings. The molecule has 0 amide bonds. The van der Waals surface area contributed by atoms with Gasteiger partial charge in [0, 0.05) is 72.7 Å². The molecule has 14 nitrogen and oxygen atoms in total. The van der Waals surface area contributed by atoms with Crippen LogP contribution in [0.1, 0.15) is 19.3 Å². The van der Waals surface area contributed by atoms with E-state index in [-0.39, 0.29) is 84.7 Å². The van der Waals surface area contributed by atoms with Crippen LogP contribution in [0.4, 0.5) is 0 Å². The van der Waals surface area contributed by atoms with Crippen LogP contribution in [0, 0.1) is 16.7 Å². The van der Waals surface area contributed by atoms with Crippen molar-refractivity contribution in [1.82, 2.24) is 17.2 Å². The average Bonchev–Trinajstić information content (AvgIpc) is 3.22. The Bertz CT molecular complexity index is 2690. The van der Waals surface area contributed by atoms with E-state index < -0.39 is 62.9 Å². The fourth-order valence-electron chi connectivity index (χ4n) is 9.38. The van der Waals surface area contributed by atoms with Crippen LogP contribution in [0.3, 0.4) is 0 Å². The monoisotopic (exact) mass is 938 g/mol. The van der Waals surface area contributed by atoms with Gasteiger partial charge in [0.25, 0.3) is 0 Å². The molecule has 0 aromatic heterocycles. The summed E-state index contributed by atoms with van der Waals surface area (Å²) >= 11 is 12.2. The Morgan fingerprint density at radius 2 is 0.850 bits per heavy atom. The minimum Gasteiger partial charge on any atom is -0.497 e. The number of piperidine rings is 2. The van der Waals surface area contributed by atoms with Crippen LogP contribution in [-0.4, -0.2) is 117 Å². The van der Waals surface area contributed by atoms with Crippen molar-refractivity contribution in [2.75, 3.05) is 60.0 Å². The fraction of sp³-hybridized carbons (Fsp3) is 0.400. The maximum atomic E-state index is 14.7. The third kappa shape index (κ3) is 7.43. The Balaban J connectivity index is 1.18. The van der Waals surface area contributed by atoms with Crippen LogP contribution in [0.25, 0.3) is 0 Å². The molecule has 0 N–H and O–H groups in total. The minimum atomic E-state index is -4.22. The summed E-state index contributed by atoms with van der Waals surface area (Å²) < 4.78 is 130. The molecule has 322 valence electrons. The van der Waals surface area contributed by atoms with Crippen molar-refractivity contribution in [3.8, 4) is 11.5 Å². The summed E-state index contributed by atoms with van der Waals surface area (Å²) in [5.41, 5.74) is -1.60. The van der Waals surface area contributed by atoms with Crippen LogP contribution in [0.2, 0.25) is 10.0 Å². The van der Waals surface area contributed by atoms with Crippen LogP contribution < -0.4 is 9.47 Å². The first-order chi connectivity index (χ1) is 28.4. The lowest BCUT2D eigenvalue weighted by molar-refractivity contribution is -0.149. The molecule has 2 atom stereocenters. The summed E-state index contributed by atoms with van der Waals surface area (Å²) in [5.74, 6) is 0.281. The van der Waals surface area contributed by atoms with Crippen molar-refractivity contribution in [3.63, 3.8) is 0 Å². The Kier molecular flexibility index (Phi) is 11.4. The van der Waals surface area contributed by atoms with Crippen molar-refractivity contribution < 1.29 is 43.1 Å². The highest BCUT2D eigenvalue weighted by Gasteiger charge is 2.67. The Morgan fingerprint density at radius 3 is 1.30 bits per heavy atom. The molecule has 4 aromatic carbocycles. The normalized spacial score (nSPS) is 22.9. The Morgan fingerprint density at radius 1 is 0.483 bits per heavy atom. The van der Waals surface area contributed by atoms with Gasteiger partial charge in [-0.2, -0.15) is 17.2 Å². The third-order valence-electron chi connectivity index (χ3n) is 12.8. The van der Waals surface area contributed by atoms with E-state index in [2.05, 4.69) is 0 Å². The van der Waals surface area contributed by atoms with Crippen molar-refractivity contribution in [1.29, 1.82) is 0 Å². The van der Waals surface area contributed by atoms with Gasteiger partial charge in [-0.25, -0.2) is 33.7 Å². The van der Waals surface area contributed by atoms with E-state index in [4.69, 9.17) is 32.7 Å². The first-order valence-electron chi connectivity index (χ1n) is 19.2. The number of hydrogen-bond donors (Lipinski definition) is 0. The molecule has 0 radical (unpaired) electrons. The zero-order valence-electron chi connectivity index (χ0n) is 32.7. The number of ether oxygens (including phenoxy) is 2. The van der Waals surface area contributed by atoms with Crippen molar-refractivity contribution >= 4 is 63.3 Å². The van der Waals surface area contributed by atoms with Gasteiger partial charge >= 0.3 is 0 Å². The van der Waals surface area contributed by atoms with Crippen molar-refractivity contribution in [3.05, 3.63) is 107 Å². The van der Waals surface area contributed by atoms with Gasteiger partial charge in [-0.3, -0.25) is 0 Å². The van der Waals surface area contributed by atoms with Gasteiger partial charge < -0.3 is 9.47 Å². The van der Waals surface area contributed by atoms with E-state index in [1.165, 1.54) is 104 Å². The first-order valence-corrected chi connectivity index (χ1v) is 25.7. The molecule has 0 aliphatic carbocycles. The summed E-state index contributed by atoms with van der Waals surface area (Å²) in [4.78, 5) is 0.178. The van der Waals surface area contributed by atoms with Gasteiger partial charge in [-0.05, 0) is 122 Å². The molecular weight excluding hydrogens is 896 g/mol. The summed E-state index contributed by atoms with van der Waals surface area (Å²) in [6.45, 7) is 0.253. The smallest absolute Gasteiger partial charge is 0.243 e. The SMILES string of the molecule is COc1ccc(S(=O)(=O)N2CCC3(CC2)CN(S(=O)(=O)c2ccc(Cl)cc2)C3C2CN(S(=O)(=O)c3ccc(OC)cc3)CCC23CN(S(=O)(=O)c2ccc(Cl)cc2)C3)cc1. The third-order valence-corrected chi connectivity index (χ3v) is 20.7. The molecule has 4 saturated heterocycles. The van der Waals surface area contributed by atoms with E-state index >= 15 is 0 Å². The summed E-state index contributed by atoms with van der Waals surface area (Å²) in [6.07, 6.45) is 0.813. The molecule has 0 saturated carbocycles. The minimum absolute atomic E-state index is 0.000563. The highest BCUT2D eigenvalue weighted by atomic mass is 35.5. The van der Waals surface area contributed by atoms with Crippen LogP contribution in [-0.2, 0) is 40.1 Å². The van der Waals surface area contributed by atoms with Crippen LogP contribution in [0.15, 0.2) is 117 Å². The van der Waals surface area contributed by atoms with Gasteiger partial charge in [0.05, 0.1) is 33.8 Å². The molecule has 2 unspecified atom stereocenters. The largest absolute Gasteiger partial charge is 0.497 e. The van der Waals surface area contributed by atoms with Gasteiger partial charge in [0.1, 0.15) is 11.5 Å². The van der Waals surface area contributed by atoms with Crippen molar-refractivity contribution in [2.24, 2.45) is 16.7 Å². The first kappa shape index (κ1) is 43.4. The van der Waals surface area contributed by atoms with Gasteiger partial charge in [0.15, 0.2) is 0 Å². The second kappa shape index (κ2) is 15.8. The molecule has 20 heteroatoms. The van der Waals surface area contributed by atoms with E-state index in [1.54, 1.807) is 24.3 Å². The highest BCUT2D eigenvalue weighted by Crippen LogP contribution is 2.59. The van der Waals surface area contributed by atoms with Gasteiger partial charge in [-0.1, -0.05) is 23.2 Å². The number of benzene rings is 4. The number of methoxy groups -OCH3 is 2. The molecule has 4 aromatic rings. The van der Waals surface area contributed by atoms with E-state index in [0.717, 1.165) is 0 Å². The molecule has 4 aliphatic rings. The molecule has 2 spiro atoms. The number of nitrogens with zero attached hydrogens (tertiary/aromatic N) is 4. The standard InChI is InChI=1S/C40H44Cl2N4O10S4/c1-55-31-7-15-34(16-8-31)57(47,48)43-22-19-39(20-23-43)28-46(60(53,54)36-13-5-30(42)6-14-36)38(39)37-25-44(58(49,50)35-17-9-32(56-2)10-18-35)24-21-40(37)26-45(27-40)59(51,52)33-11-3-29(41)4-12-33/h3-18,37-38H,19-28H2,1-2H3. The number of halogens is 2. The second-order valence-electron chi connectivity index (χ2n) is 15.9. The molecule has 4 aliphatic heterocycles. The molecule has 0 bridgehead atoms. The predicted octanol–water partition coefficient (Wildman–Crippen LogP) is 5.26. The predicted molar refractivity (Wildman–Crippen MR) is 225 cm³/mol. The Labute approximate surface area is 361 Å². The van der Waals surface area contributed by atoms with Crippen LogP contribution >= 0.6 is 23.2 Å². The fourth-order valence-corrected chi connectivity index (χ4v) is 16.0. The lowest BCUT2D eigenvalue weighted by Gasteiger charge is -2.67. The van der Waals surface area contributed by atoms with Crippen LogP contribution in [0.5, 0.6) is 11.5 Å². The van der Waals surface area contributed by atoms with Gasteiger partial charge in [-0.15, -0.1) is 0 Å². The second-order valence-corrected chi connectivity index (χ2v) is 24.5. The maximum absolute atomic E-state index is 14.7. The average molecular weight is 940 g/mol. The molecular formula is C40H44Cl2N4O10S4. The quantitative estimate of drug-likeness (QED) is 0.194. The zero-order chi connectivity index (χ0) is 42.9. The molecule has 8 rings (SSSR count). The topological polar surface area (TPSA) is 168 Å². The summed E-state index contributed by atoms with van der Waals surface area (Å²) in [7, 11) is -13.3. The Hall–Kier alpha value is -3.30.